The van der Waals surface area contributed by atoms with Crippen LogP contribution >= 0.6 is 0 Å². The molecule has 1 aromatic carbocycles. The SMILES string of the molecule is O=S(=O)(NCCCOCC1CCCO1)c1cccc(C(F)(F)F)c1. The lowest BCUT2D eigenvalue weighted by atomic mass is 10.2. The van der Waals surface area contributed by atoms with Crippen molar-refractivity contribution < 1.29 is 31.1 Å². The van der Waals surface area contributed by atoms with Crippen LogP contribution in [0, 0.1) is 0 Å². The molecule has 0 radical (unpaired) electrons. The van der Waals surface area contributed by atoms with Crippen molar-refractivity contribution in [2.45, 2.75) is 36.4 Å². The highest BCUT2D eigenvalue weighted by Crippen LogP contribution is 2.30. The molecule has 1 saturated heterocycles. The van der Waals surface area contributed by atoms with E-state index in [0.29, 0.717) is 25.7 Å². The Labute approximate surface area is 139 Å². The van der Waals surface area contributed by atoms with Gasteiger partial charge >= 0.3 is 6.18 Å². The second kappa shape index (κ2) is 8.28. The van der Waals surface area contributed by atoms with E-state index in [1.165, 1.54) is 0 Å². The maximum absolute atomic E-state index is 12.6. The van der Waals surface area contributed by atoms with Crippen molar-refractivity contribution >= 4 is 10.0 Å². The Balaban J connectivity index is 1.76. The number of ether oxygens (including phenoxy) is 2. The number of halogens is 3. The Morgan fingerprint density at radius 2 is 2.12 bits per heavy atom. The topological polar surface area (TPSA) is 64.6 Å². The first-order valence-electron chi connectivity index (χ1n) is 7.65. The van der Waals surface area contributed by atoms with Crippen molar-refractivity contribution in [2.24, 2.45) is 0 Å². The number of rotatable bonds is 8. The number of hydrogen-bond acceptors (Lipinski definition) is 4. The van der Waals surface area contributed by atoms with Gasteiger partial charge in [0.1, 0.15) is 0 Å². The van der Waals surface area contributed by atoms with E-state index in [4.69, 9.17) is 9.47 Å². The first kappa shape index (κ1) is 19.2. The van der Waals surface area contributed by atoms with E-state index < -0.39 is 26.7 Å². The average Bonchev–Trinajstić information content (AvgIpc) is 3.03. The molecular formula is C15H20F3NO4S. The highest BCUT2D eigenvalue weighted by molar-refractivity contribution is 7.89. The summed E-state index contributed by atoms with van der Waals surface area (Å²) in [7, 11) is -3.98. The molecule has 1 unspecified atom stereocenters. The maximum atomic E-state index is 12.6. The van der Waals surface area contributed by atoms with Crippen LogP contribution in [0.15, 0.2) is 29.2 Å². The van der Waals surface area contributed by atoms with Gasteiger partial charge in [-0.2, -0.15) is 13.2 Å². The summed E-state index contributed by atoms with van der Waals surface area (Å²) in [6.45, 7) is 1.65. The van der Waals surface area contributed by atoms with Gasteiger partial charge in [-0.3, -0.25) is 0 Å². The Kier molecular flexibility index (Phi) is 6.62. The van der Waals surface area contributed by atoms with Gasteiger partial charge in [0.15, 0.2) is 0 Å². The van der Waals surface area contributed by atoms with Crippen LogP contribution in [0.5, 0.6) is 0 Å². The second-order valence-electron chi connectivity index (χ2n) is 5.49. The Bertz CT molecular complexity index is 628. The summed E-state index contributed by atoms with van der Waals surface area (Å²) < 4.78 is 75.0. The van der Waals surface area contributed by atoms with Crippen molar-refractivity contribution in [3.8, 4) is 0 Å². The minimum Gasteiger partial charge on any atom is -0.379 e. The quantitative estimate of drug-likeness (QED) is 0.718. The smallest absolute Gasteiger partial charge is 0.379 e. The average molecular weight is 367 g/mol. The summed E-state index contributed by atoms with van der Waals surface area (Å²) in [6.07, 6.45) is -2.08. The predicted molar refractivity (Wildman–Crippen MR) is 81.0 cm³/mol. The van der Waals surface area contributed by atoms with Crippen LogP contribution in [-0.2, 0) is 25.7 Å². The van der Waals surface area contributed by atoms with Gasteiger partial charge in [-0.15, -0.1) is 0 Å². The Morgan fingerprint density at radius 3 is 2.79 bits per heavy atom. The van der Waals surface area contributed by atoms with Crippen LogP contribution < -0.4 is 4.72 Å². The molecule has 136 valence electrons. The fourth-order valence-electron chi connectivity index (χ4n) is 2.29. The number of hydrogen-bond donors (Lipinski definition) is 1. The van der Waals surface area contributed by atoms with E-state index in [2.05, 4.69) is 4.72 Å². The summed E-state index contributed by atoms with van der Waals surface area (Å²) in [5.41, 5.74) is -0.995. The molecule has 0 amide bonds. The van der Waals surface area contributed by atoms with Crippen molar-refractivity contribution in [2.75, 3.05) is 26.4 Å². The van der Waals surface area contributed by atoms with E-state index in [9.17, 15) is 21.6 Å². The second-order valence-corrected chi connectivity index (χ2v) is 7.25. The van der Waals surface area contributed by atoms with Crippen LogP contribution in [0.3, 0.4) is 0 Å². The Morgan fingerprint density at radius 1 is 1.33 bits per heavy atom. The Hall–Kier alpha value is -1.16. The minimum atomic E-state index is -4.58. The molecule has 0 spiro atoms. The summed E-state index contributed by atoms with van der Waals surface area (Å²) in [5.74, 6) is 0. The van der Waals surface area contributed by atoms with E-state index in [0.717, 1.165) is 37.6 Å². The van der Waals surface area contributed by atoms with Gasteiger partial charge in [-0.1, -0.05) is 6.07 Å². The van der Waals surface area contributed by atoms with Crippen molar-refractivity contribution in [3.05, 3.63) is 29.8 Å². The molecule has 24 heavy (non-hydrogen) atoms. The third kappa shape index (κ3) is 5.73. The molecule has 1 N–H and O–H groups in total. The lowest BCUT2D eigenvalue weighted by Gasteiger charge is -2.11. The first-order valence-corrected chi connectivity index (χ1v) is 9.13. The molecule has 1 aliphatic heterocycles. The largest absolute Gasteiger partial charge is 0.416 e. The van der Waals surface area contributed by atoms with Crippen LogP contribution in [0.25, 0.3) is 0 Å². The molecule has 0 aromatic heterocycles. The van der Waals surface area contributed by atoms with Crippen LogP contribution in [-0.4, -0.2) is 40.9 Å². The van der Waals surface area contributed by atoms with E-state index in [-0.39, 0.29) is 12.6 Å². The molecule has 1 atom stereocenters. The predicted octanol–water partition coefficient (Wildman–Crippen LogP) is 2.57. The van der Waals surface area contributed by atoms with Gasteiger partial charge in [0.25, 0.3) is 0 Å². The number of benzene rings is 1. The summed E-state index contributed by atoms with van der Waals surface area (Å²) in [6, 6.07) is 3.65. The molecule has 2 rings (SSSR count). The lowest BCUT2D eigenvalue weighted by Crippen LogP contribution is -2.26. The molecule has 0 bridgehead atoms. The first-order chi connectivity index (χ1) is 11.3. The van der Waals surface area contributed by atoms with Gasteiger partial charge in [-0.25, -0.2) is 13.1 Å². The third-order valence-corrected chi connectivity index (χ3v) is 5.02. The number of sulfonamides is 1. The van der Waals surface area contributed by atoms with E-state index in [1.54, 1.807) is 0 Å². The molecular weight excluding hydrogens is 347 g/mol. The molecule has 1 aromatic rings. The molecule has 1 aliphatic rings. The highest BCUT2D eigenvalue weighted by atomic mass is 32.2. The van der Waals surface area contributed by atoms with Crippen LogP contribution in [0.2, 0.25) is 0 Å². The summed E-state index contributed by atoms with van der Waals surface area (Å²) in [5, 5.41) is 0. The molecule has 9 heteroatoms. The lowest BCUT2D eigenvalue weighted by molar-refractivity contribution is -0.137. The fourth-order valence-corrected chi connectivity index (χ4v) is 3.41. The standard InChI is InChI=1S/C15H20F3NO4S/c16-15(17,18)12-4-1-6-14(10-12)24(20,21)19-7-3-8-22-11-13-5-2-9-23-13/h1,4,6,10,13,19H,2-3,5,7-9,11H2. The molecule has 5 nitrogen and oxygen atoms in total. The maximum Gasteiger partial charge on any atom is 0.416 e. The number of nitrogens with one attached hydrogen (secondary N) is 1. The zero-order chi connectivity index (χ0) is 17.6. The summed E-state index contributed by atoms with van der Waals surface area (Å²) >= 11 is 0. The van der Waals surface area contributed by atoms with Crippen molar-refractivity contribution in [1.29, 1.82) is 0 Å². The monoisotopic (exact) mass is 367 g/mol. The van der Waals surface area contributed by atoms with Gasteiger partial charge in [0.2, 0.25) is 10.0 Å². The number of alkyl halides is 3. The zero-order valence-corrected chi connectivity index (χ0v) is 13.8. The van der Waals surface area contributed by atoms with Gasteiger partial charge in [0, 0.05) is 19.8 Å². The normalized spacial score (nSPS) is 18.9. The van der Waals surface area contributed by atoms with Crippen molar-refractivity contribution in [1.82, 2.24) is 4.72 Å². The van der Waals surface area contributed by atoms with Crippen LogP contribution in [0.4, 0.5) is 13.2 Å². The molecule has 0 saturated carbocycles. The van der Waals surface area contributed by atoms with Gasteiger partial charge in [-0.05, 0) is 37.5 Å². The third-order valence-electron chi connectivity index (χ3n) is 3.56. The van der Waals surface area contributed by atoms with Crippen LogP contribution in [0.1, 0.15) is 24.8 Å². The zero-order valence-electron chi connectivity index (χ0n) is 13.0. The molecule has 1 fully saturated rings. The molecule has 1 heterocycles. The van der Waals surface area contributed by atoms with E-state index in [1.807, 2.05) is 0 Å². The molecule has 0 aliphatic carbocycles. The fraction of sp³-hybridized carbons (Fsp3) is 0.600. The summed E-state index contributed by atoms with van der Waals surface area (Å²) in [4.78, 5) is -0.405. The highest BCUT2D eigenvalue weighted by Gasteiger charge is 2.31. The van der Waals surface area contributed by atoms with Gasteiger partial charge < -0.3 is 9.47 Å². The van der Waals surface area contributed by atoms with E-state index >= 15 is 0 Å². The van der Waals surface area contributed by atoms with Gasteiger partial charge in [0.05, 0.1) is 23.2 Å². The van der Waals surface area contributed by atoms with Crippen molar-refractivity contribution in [3.63, 3.8) is 0 Å². The minimum absolute atomic E-state index is 0.0874.